The van der Waals surface area contributed by atoms with Crippen LogP contribution in [0.15, 0.2) is 53.1 Å². The Morgan fingerprint density at radius 3 is 2.45 bits per heavy atom. The maximum absolute atomic E-state index is 12.5. The van der Waals surface area contributed by atoms with Gasteiger partial charge in [-0.25, -0.2) is 0 Å². The van der Waals surface area contributed by atoms with E-state index in [9.17, 15) is 4.79 Å². The van der Waals surface area contributed by atoms with Crippen LogP contribution in [0.2, 0.25) is 0 Å². The first-order valence-electron chi connectivity index (χ1n) is 6.55. The van der Waals surface area contributed by atoms with Gasteiger partial charge in [-0.05, 0) is 31.5 Å². The summed E-state index contributed by atoms with van der Waals surface area (Å²) < 4.78 is 16.8. The SMILES string of the molecule is CC1(C)O[C@H](c2ccccc2)[C@H](C(=O)c2ccco2)O1. The maximum atomic E-state index is 12.5. The fourth-order valence-electron chi connectivity index (χ4n) is 2.40. The smallest absolute Gasteiger partial charge is 0.229 e. The lowest BCUT2D eigenvalue weighted by molar-refractivity contribution is -0.143. The summed E-state index contributed by atoms with van der Waals surface area (Å²) in [5.74, 6) is -0.709. The summed E-state index contributed by atoms with van der Waals surface area (Å²) in [6.45, 7) is 3.61. The molecule has 1 aliphatic rings. The molecule has 1 aromatic heterocycles. The number of carbonyl (C=O) groups excluding carboxylic acids is 1. The molecule has 20 heavy (non-hydrogen) atoms. The maximum Gasteiger partial charge on any atom is 0.229 e. The third-order valence-corrected chi connectivity index (χ3v) is 3.25. The van der Waals surface area contributed by atoms with E-state index in [1.165, 1.54) is 6.26 Å². The van der Waals surface area contributed by atoms with Gasteiger partial charge in [-0.15, -0.1) is 0 Å². The lowest BCUT2D eigenvalue weighted by Gasteiger charge is -2.16. The molecule has 0 aliphatic carbocycles. The van der Waals surface area contributed by atoms with Gasteiger partial charge in [0.2, 0.25) is 5.78 Å². The van der Waals surface area contributed by atoms with E-state index in [1.54, 1.807) is 26.0 Å². The minimum absolute atomic E-state index is 0.200. The van der Waals surface area contributed by atoms with Crippen LogP contribution < -0.4 is 0 Å². The zero-order chi connectivity index (χ0) is 14.2. The van der Waals surface area contributed by atoms with E-state index in [0.717, 1.165) is 5.56 Å². The van der Waals surface area contributed by atoms with Crippen molar-refractivity contribution in [2.45, 2.75) is 31.8 Å². The minimum atomic E-state index is -0.798. The highest BCUT2D eigenvalue weighted by molar-refractivity contribution is 5.97. The second-order valence-corrected chi connectivity index (χ2v) is 5.23. The number of Topliss-reactive ketones (excluding diaryl/α,β-unsaturated/α-hetero) is 1. The van der Waals surface area contributed by atoms with Gasteiger partial charge >= 0.3 is 0 Å². The monoisotopic (exact) mass is 272 g/mol. The number of benzene rings is 1. The van der Waals surface area contributed by atoms with Crippen molar-refractivity contribution in [1.29, 1.82) is 0 Å². The molecule has 0 spiro atoms. The third-order valence-electron chi connectivity index (χ3n) is 3.25. The Balaban J connectivity index is 1.93. The Morgan fingerprint density at radius 2 is 1.80 bits per heavy atom. The summed E-state index contributed by atoms with van der Waals surface area (Å²) in [6.07, 6.45) is 0.355. The van der Waals surface area contributed by atoms with E-state index in [4.69, 9.17) is 13.9 Å². The molecule has 1 fully saturated rings. The van der Waals surface area contributed by atoms with Gasteiger partial charge in [0.1, 0.15) is 6.10 Å². The molecule has 2 heterocycles. The number of furan rings is 1. The topological polar surface area (TPSA) is 48.7 Å². The molecular formula is C16H16O4. The first kappa shape index (κ1) is 13.1. The fourth-order valence-corrected chi connectivity index (χ4v) is 2.40. The van der Waals surface area contributed by atoms with Crippen molar-refractivity contribution in [3.05, 3.63) is 60.1 Å². The quantitative estimate of drug-likeness (QED) is 0.804. The van der Waals surface area contributed by atoms with Crippen LogP contribution in [0.4, 0.5) is 0 Å². The fraction of sp³-hybridized carbons (Fsp3) is 0.312. The van der Waals surface area contributed by atoms with Gasteiger partial charge in [-0.1, -0.05) is 30.3 Å². The van der Waals surface area contributed by atoms with Gasteiger partial charge in [-0.3, -0.25) is 4.79 Å². The van der Waals surface area contributed by atoms with E-state index in [0.29, 0.717) is 0 Å². The Bertz CT molecular complexity index is 586. The molecule has 1 aromatic carbocycles. The number of hydrogen-bond acceptors (Lipinski definition) is 4. The number of ether oxygens (including phenoxy) is 2. The van der Waals surface area contributed by atoms with Crippen molar-refractivity contribution in [2.24, 2.45) is 0 Å². The Kier molecular flexibility index (Phi) is 3.20. The third kappa shape index (κ3) is 2.40. The largest absolute Gasteiger partial charge is 0.461 e. The second-order valence-electron chi connectivity index (χ2n) is 5.23. The molecule has 4 nitrogen and oxygen atoms in total. The van der Waals surface area contributed by atoms with Crippen molar-refractivity contribution in [3.8, 4) is 0 Å². The van der Waals surface area contributed by atoms with Crippen molar-refractivity contribution >= 4 is 5.78 Å². The second kappa shape index (κ2) is 4.89. The molecule has 3 rings (SSSR count). The number of rotatable bonds is 3. The number of ketones is 1. The van der Waals surface area contributed by atoms with Crippen LogP contribution in [0.5, 0.6) is 0 Å². The van der Waals surface area contributed by atoms with E-state index in [-0.39, 0.29) is 11.5 Å². The van der Waals surface area contributed by atoms with Crippen LogP contribution in [0.1, 0.15) is 36.1 Å². The van der Waals surface area contributed by atoms with Gasteiger partial charge < -0.3 is 13.9 Å². The Morgan fingerprint density at radius 1 is 1.05 bits per heavy atom. The highest BCUT2D eigenvalue weighted by atomic mass is 16.8. The molecular weight excluding hydrogens is 256 g/mol. The zero-order valence-corrected chi connectivity index (χ0v) is 11.4. The highest BCUT2D eigenvalue weighted by Gasteiger charge is 2.46. The molecule has 104 valence electrons. The van der Waals surface area contributed by atoms with E-state index in [2.05, 4.69) is 0 Å². The lowest BCUT2D eigenvalue weighted by Crippen LogP contribution is -2.27. The van der Waals surface area contributed by atoms with Crippen LogP contribution >= 0.6 is 0 Å². The molecule has 2 aromatic rings. The number of hydrogen-bond donors (Lipinski definition) is 0. The van der Waals surface area contributed by atoms with Crippen LogP contribution in [-0.2, 0) is 9.47 Å². The van der Waals surface area contributed by atoms with Crippen molar-refractivity contribution in [2.75, 3.05) is 0 Å². The summed E-state index contributed by atoms with van der Waals surface area (Å²) in [5, 5.41) is 0. The highest BCUT2D eigenvalue weighted by Crippen LogP contribution is 2.39. The van der Waals surface area contributed by atoms with Crippen LogP contribution in [-0.4, -0.2) is 17.7 Å². The molecule has 1 aliphatic heterocycles. The van der Waals surface area contributed by atoms with Crippen molar-refractivity contribution in [1.82, 2.24) is 0 Å². The van der Waals surface area contributed by atoms with Crippen LogP contribution in [0.25, 0.3) is 0 Å². The average molecular weight is 272 g/mol. The van der Waals surface area contributed by atoms with Crippen molar-refractivity contribution < 1.29 is 18.7 Å². The first-order valence-corrected chi connectivity index (χ1v) is 6.55. The van der Waals surface area contributed by atoms with Gasteiger partial charge in [0, 0.05) is 0 Å². The molecule has 0 unspecified atom stereocenters. The van der Waals surface area contributed by atoms with E-state index in [1.807, 2.05) is 30.3 Å². The summed E-state index contributed by atoms with van der Waals surface area (Å²) >= 11 is 0. The average Bonchev–Trinajstić information content (AvgIpc) is 3.06. The number of carbonyl (C=O) groups is 1. The summed E-state index contributed by atoms with van der Waals surface area (Å²) in [4.78, 5) is 12.5. The predicted molar refractivity (Wildman–Crippen MR) is 72.3 cm³/mol. The molecule has 0 saturated carbocycles. The summed E-state index contributed by atoms with van der Waals surface area (Å²) in [5.41, 5.74) is 0.919. The van der Waals surface area contributed by atoms with Gasteiger partial charge in [0.05, 0.1) is 6.26 Å². The van der Waals surface area contributed by atoms with Crippen molar-refractivity contribution in [3.63, 3.8) is 0 Å². The first-order chi connectivity index (χ1) is 9.57. The van der Waals surface area contributed by atoms with Gasteiger partial charge in [0.25, 0.3) is 0 Å². The minimum Gasteiger partial charge on any atom is -0.461 e. The molecule has 0 bridgehead atoms. The molecule has 0 radical (unpaired) electrons. The Labute approximate surface area is 117 Å². The molecule has 2 atom stereocenters. The zero-order valence-electron chi connectivity index (χ0n) is 11.4. The normalized spacial score (nSPS) is 24.7. The molecule has 1 saturated heterocycles. The molecule has 4 heteroatoms. The lowest BCUT2D eigenvalue weighted by atomic mass is 10.0. The van der Waals surface area contributed by atoms with Crippen LogP contribution in [0, 0.1) is 0 Å². The van der Waals surface area contributed by atoms with Gasteiger partial charge in [0.15, 0.2) is 17.7 Å². The summed E-state index contributed by atoms with van der Waals surface area (Å²) in [7, 11) is 0. The Hall–Kier alpha value is -1.91. The van der Waals surface area contributed by atoms with Gasteiger partial charge in [-0.2, -0.15) is 0 Å². The molecule has 0 N–H and O–H groups in total. The predicted octanol–water partition coefficient (Wildman–Crippen LogP) is 3.36. The van der Waals surface area contributed by atoms with E-state index >= 15 is 0 Å². The standard InChI is InChI=1S/C16H16O4/c1-16(2)19-14(11-7-4-3-5-8-11)15(20-16)13(17)12-9-6-10-18-12/h3-10,14-15H,1-2H3/t14-,15+/m1/s1. The summed E-state index contributed by atoms with van der Waals surface area (Å²) in [6, 6.07) is 12.9. The van der Waals surface area contributed by atoms with Crippen LogP contribution in [0.3, 0.4) is 0 Å². The molecule has 0 amide bonds. The van der Waals surface area contributed by atoms with E-state index < -0.39 is 18.0 Å².